The summed E-state index contributed by atoms with van der Waals surface area (Å²) in [6, 6.07) is 5.52. The molecule has 4 heterocycles. The fourth-order valence-corrected chi connectivity index (χ4v) is 4.60. The lowest BCUT2D eigenvalue weighted by atomic mass is 10.0. The molecule has 3 N–H and O–H groups in total. The predicted molar refractivity (Wildman–Crippen MR) is 144 cm³/mol. The highest BCUT2D eigenvalue weighted by atomic mass is 16.5. The number of H-pyrrole nitrogens is 1. The first-order valence-corrected chi connectivity index (χ1v) is 12.4. The van der Waals surface area contributed by atoms with Crippen molar-refractivity contribution in [1.82, 2.24) is 35.6 Å². The molecule has 0 saturated carbocycles. The van der Waals surface area contributed by atoms with Gasteiger partial charge in [-0.15, -0.1) is 0 Å². The fraction of sp³-hybridized carbons (Fsp3) is 0.346. The molecule has 2 aromatic heterocycles. The summed E-state index contributed by atoms with van der Waals surface area (Å²) in [5.74, 6) is 1.38. The number of ether oxygens (including phenoxy) is 2. The SMILES string of the molecule is C=NN(C)/C=C1\CC(N[C@H](C)c2ncccn2)=C(c2nc3c(OC)cc(N4CCOCC4)cc3[nH]2)C(=O)N1. The molecule has 0 unspecified atom stereocenters. The van der Waals surface area contributed by atoms with Crippen LogP contribution in [0.1, 0.15) is 31.0 Å². The van der Waals surface area contributed by atoms with E-state index in [0.29, 0.717) is 59.5 Å². The molecule has 0 radical (unpaired) electrons. The van der Waals surface area contributed by atoms with E-state index in [1.165, 1.54) is 0 Å². The zero-order chi connectivity index (χ0) is 26.6. The Morgan fingerprint density at radius 1 is 1.29 bits per heavy atom. The highest BCUT2D eigenvalue weighted by molar-refractivity contribution is 6.21. The van der Waals surface area contributed by atoms with E-state index in [1.54, 1.807) is 43.8 Å². The Morgan fingerprint density at radius 3 is 2.76 bits per heavy atom. The molecule has 2 aliphatic heterocycles. The lowest BCUT2D eigenvalue weighted by Gasteiger charge is -2.29. The molecule has 5 rings (SSSR count). The number of aromatic amines is 1. The quantitative estimate of drug-likeness (QED) is 0.304. The number of hydrazone groups is 1. The summed E-state index contributed by atoms with van der Waals surface area (Å²) in [6.07, 6.45) is 5.52. The summed E-state index contributed by atoms with van der Waals surface area (Å²) >= 11 is 0. The maximum absolute atomic E-state index is 13.5. The number of anilines is 1. The first-order chi connectivity index (χ1) is 18.5. The predicted octanol–water partition coefficient (Wildman–Crippen LogP) is 2.17. The van der Waals surface area contributed by atoms with Gasteiger partial charge in [0, 0.05) is 75.0 Å². The second-order valence-corrected chi connectivity index (χ2v) is 9.06. The summed E-state index contributed by atoms with van der Waals surface area (Å²) < 4.78 is 11.2. The lowest BCUT2D eigenvalue weighted by Crippen LogP contribution is -2.36. The van der Waals surface area contributed by atoms with Crippen LogP contribution in [0.2, 0.25) is 0 Å². The molecule has 1 saturated heterocycles. The van der Waals surface area contributed by atoms with Crippen molar-refractivity contribution in [2.45, 2.75) is 19.4 Å². The number of imidazole rings is 1. The number of morpholine rings is 1. The van der Waals surface area contributed by atoms with Crippen molar-refractivity contribution < 1.29 is 14.3 Å². The molecule has 198 valence electrons. The van der Waals surface area contributed by atoms with E-state index in [2.05, 4.69) is 42.3 Å². The van der Waals surface area contributed by atoms with Crippen molar-refractivity contribution in [2.75, 3.05) is 45.4 Å². The fourth-order valence-electron chi connectivity index (χ4n) is 4.60. The van der Waals surface area contributed by atoms with Crippen molar-refractivity contribution in [2.24, 2.45) is 5.10 Å². The molecule has 3 aromatic rings. The van der Waals surface area contributed by atoms with Gasteiger partial charge >= 0.3 is 0 Å². The van der Waals surface area contributed by atoms with E-state index in [9.17, 15) is 4.79 Å². The van der Waals surface area contributed by atoms with Crippen LogP contribution in [-0.2, 0) is 9.53 Å². The third-order valence-electron chi connectivity index (χ3n) is 6.47. The Labute approximate surface area is 220 Å². The van der Waals surface area contributed by atoms with E-state index < -0.39 is 0 Å². The van der Waals surface area contributed by atoms with Crippen LogP contribution in [0.15, 0.2) is 53.3 Å². The first kappa shape index (κ1) is 25.2. The highest BCUT2D eigenvalue weighted by Gasteiger charge is 2.29. The van der Waals surface area contributed by atoms with E-state index in [1.807, 2.05) is 19.1 Å². The molecule has 1 aromatic carbocycles. The molecule has 12 heteroatoms. The Kier molecular flexibility index (Phi) is 7.22. The minimum Gasteiger partial charge on any atom is -0.494 e. The van der Waals surface area contributed by atoms with Gasteiger partial charge in [-0.25, -0.2) is 15.0 Å². The number of methoxy groups -OCH3 is 1. The number of amides is 1. The van der Waals surface area contributed by atoms with Crippen LogP contribution in [-0.4, -0.2) is 78.0 Å². The van der Waals surface area contributed by atoms with Crippen LogP contribution in [0.5, 0.6) is 5.75 Å². The monoisotopic (exact) mass is 517 g/mol. The lowest BCUT2D eigenvalue weighted by molar-refractivity contribution is -0.115. The van der Waals surface area contributed by atoms with Crippen molar-refractivity contribution in [3.05, 3.63) is 59.8 Å². The third kappa shape index (κ3) is 5.16. The van der Waals surface area contributed by atoms with E-state index in [-0.39, 0.29) is 11.9 Å². The molecule has 1 amide bonds. The minimum absolute atomic E-state index is 0.254. The van der Waals surface area contributed by atoms with Crippen LogP contribution in [0, 0.1) is 0 Å². The van der Waals surface area contributed by atoms with E-state index in [4.69, 9.17) is 14.5 Å². The van der Waals surface area contributed by atoms with Gasteiger partial charge in [-0.1, -0.05) is 0 Å². The standard InChI is InChI=1S/C26H31N9O3/c1-16(24-28-6-5-7-29-24)30-19-12-17(15-34(3)27-2)31-26(36)22(19)25-32-20-13-18(35-8-10-38-11-9-35)14-21(37-4)23(20)33-25/h5-7,13-16,30H,2,8-12H2,1,3-4H3,(H,31,36)(H,32,33)/b17-15+/t16-/m1/s1. The average Bonchev–Trinajstić information content (AvgIpc) is 3.36. The van der Waals surface area contributed by atoms with Crippen LogP contribution < -0.4 is 20.3 Å². The van der Waals surface area contributed by atoms with Gasteiger partial charge < -0.3 is 30.0 Å². The number of rotatable bonds is 8. The Bertz CT molecular complexity index is 1390. The van der Waals surface area contributed by atoms with Crippen molar-refractivity contribution in [3.8, 4) is 5.75 Å². The number of nitrogens with one attached hydrogen (secondary N) is 3. The molecule has 1 fully saturated rings. The van der Waals surface area contributed by atoms with E-state index >= 15 is 0 Å². The third-order valence-corrected chi connectivity index (χ3v) is 6.47. The van der Waals surface area contributed by atoms with Crippen LogP contribution >= 0.6 is 0 Å². The van der Waals surface area contributed by atoms with Gasteiger partial charge in [0.25, 0.3) is 5.91 Å². The zero-order valence-corrected chi connectivity index (χ0v) is 21.7. The summed E-state index contributed by atoms with van der Waals surface area (Å²) in [6.45, 7) is 8.41. The molecule has 2 aliphatic rings. The maximum atomic E-state index is 13.5. The zero-order valence-electron chi connectivity index (χ0n) is 21.7. The van der Waals surface area contributed by atoms with Crippen molar-refractivity contribution in [1.29, 1.82) is 0 Å². The molecule has 12 nitrogen and oxygen atoms in total. The molecule has 0 spiro atoms. The summed E-state index contributed by atoms with van der Waals surface area (Å²) in [5, 5.41) is 11.8. The van der Waals surface area contributed by atoms with Crippen molar-refractivity contribution >= 4 is 34.9 Å². The van der Waals surface area contributed by atoms with Gasteiger partial charge in [-0.3, -0.25) is 9.80 Å². The van der Waals surface area contributed by atoms with Crippen LogP contribution in [0.3, 0.4) is 0 Å². The number of nitrogens with zero attached hydrogens (tertiary/aromatic N) is 6. The van der Waals surface area contributed by atoms with Gasteiger partial charge in [-0.05, 0) is 19.1 Å². The number of hydrogen-bond donors (Lipinski definition) is 3. The van der Waals surface area contributed by atoms with Gasteiger partial charge in [0.2, 0.25) is 0 Å². The second kappa shape index (κ2) is 10.9. The number of fused-ring (bicyclic) bond motifs is 1. The summed E-state index contributed by atoms with van der Waals surface area (Å²) in [4.78, 5) is 32.6. The Hall–Kier alpha value is -4.45. The normalized spacial score (nSPS) is 17.9. The Balaban J connectivity index is 1.58. The number of benzene rings is 1. The van der Waals surface area contributed by atoms with Crippen LogP contribution in [0.25, 0.3) is 16.6 Å². The average molecular weight is 518 g/mol. The largest absolute Gasteiger partial charge is 0.494 e. The smallest absolute Gasteiger partial charge is 0.261 e. The molecular formula is C26H31N9O3. The number of aromatic nitrogens is 4. The van der Waals surface area contributed by atoms with E-state index in [0.717, 1.165) is 24.3 Å². The number of carbonyl (C=O) groups is 1. The maximum Gasteiger partial charge on any atom is 0.261 e. The molecule has 1 atom stereocenters. The minimum atomic E-state index is -0.296. The topological polar surface area (TPSA) is 133 Å². The molecule has 0 aliphatic carbocycles. The number of carbonyl (C=O) groups excluding carboxylic acids is 1. The molecule has 0 bridgehead atoms. The first-order valence-electron chi connectivity index (χ1n) is 12.4. The van der Waals surface area contributed by atoms with Crippen LogP contribution in [0.4, 0.5) is 5.69 Å². The van der Waals surface area contributed by atoms with Gasteiger partial charge in [0.15, 0.2) is 0 Å². The molecular weight excluding hydrogens is 486 g/mol. The van der Waals surface area contributed by atoms with Crippen molar-refractivity contribution in [3.63, 3.8) is 0 Å². The van der Waals surface area contributed by atoms with Gasteiger partial charge in [0.05, 0.1) is 31.9 Å². The second-order valence-electron chi connectivity index (χ2n) is 9.06. The molecule has 38 heavy (non-hydrogen) atoms. The highest BCUT2D eigenvalue weighted by Crippen LogP contribution is 2.34. The summed E-state index contributed by atoms with van der Waals surface area (Å²) in [5.41, 5.74) is 4.19. The summed E-state index contributed by atoms with van der Waals surface area (Å²) in [7, 11) is 3.37. The van der Waals surface area contributed by atoms with Gasteiger partial charge in [0.1, 0.15) is 28.5 Å². The van der Waals surface area contributed by atoms with Gasteiger partial charge in [-0.2, -0.15) is 5.10 Å². The number of hydrogen-bond acceptors (Lipinski definition) is 10. The Morgan fingerprint density at radius 2 is 2.05 bits per heavy atom.